The number of hydrogen-bond acceptors (Lipinski definition) is 7. The molecule has 9 nitrogen and oxygen atoms in total. The van der Waals surface area contributed by atoms with Gasteiger partial charge in [-0.25, -0.2) is 4.79 Å². The molecule has 2 saturated heterocycles. The highest BCUT2D eigenvalue weighted by Gasteiger charge is 2.38. The average molecular weight is 594 g/mol. The maximum Gasteiger partial charge on any atom is 0.326 e. The van der Waals surface area contributed by atoms with Crippen molar-refractivity contribution in [2.75, 3.05) is 18.8 Å². The molecule has 0 saturated carbocycles. The van der Waals surface area contributed by atoms with Gasteiger partial charge in [-0.2, -0.15) is 0 Å². The Kier molecular flexibility index (Phi) is 14.2. The molecule has 3 rings (SSSR count). The van der Waals surface area contributed by atoms with Crippen molar-refractivity contribution in [3.8, 4) is 0 Å². The van der Waals surface area contributed by atoms with Crippen LogP contribution in [0, 0.1) is 0 Å². The van der Waals surface area contributed by atoms with Crippen LogP contribution >= 0.6 is 21.6 Å². The molecule has 2 amide bonds. The van der Waals surface area contributed by atoms with E-state index in [0.717, 1.165) is 30.1 Å². The van der Waals surface area contributed by atoms with Crippen molar-refractivity contribution in [1.29, 1.82) is 0 Å². The Balaban J connectivity index is 1.47. The van der Waals surface area contributed by atoms with Gasteiger partial charge in [0.2, 0.25) is 11.8 Å². The van der Waals surface area contributed by atoms with Crippen molar-refractivity contribution in [2.24, 2.45) is 0 Å². The summed E-state index contributed by atoms with van der Waals surface area (Å²) in [5.74, 6) is -1.18. The fourth-order valence-corrected chi connectivity index (χ4v) is 8.28. The normalized spacial score (nSPS) is 20.2. The van der Waals surface area contributed by atoms with E-state index < -0.39 is 30.1 Å². The molecule has 4 N–H and O–H groups in total. The summed E-state index contributed by atoms with van der Waals surface area (Å²) in [4.78, 5) is 50.8. The summed E-state index contributed by atoms with van der Waals surface area (Å²) < 4.78 is 0. The Hall–Kier alpha value is -2.24. The minimum Gasteiger partial charge on any atom is -0.480 e. The van der Waals surface area contributed by atoms with Crippen LogP contribution in [0.15, 0.2) is 30.3 Å². The minimum atomic E-state index is -1.04. The number of nitrogens with one attached hydrogen (secondary N) is 2. The fourth-order valence-electron chi connectivity index (χ4n) is 5.25. The highest BCUT2D eigenvalue weighted by atomic mass is 33.1. The van der Waals surface area contributed by atoms with Crippen LogP contribution in [-0.4, -0.2) is 81.1 Å². The Bertz CT molecular complexity index is 960. The second-order valence-electron chi connectivity index (χ2n) is 10.6. The summed E-state index contributed by atoms with van der Waals surface area (Å²) in [7, 11) is 3.90. The van der Waals surface area contributed by atoms with Crippen LogP contribution < -0.4 is 10.6 Å². The van der Waals surface area contributed by atoms with Crippen molar-refractivity contribution in [2.45, 2.75) is 100 Å². The third-order valence-corrected chi connectivity index (χ3v) is 10.5. The number of carboxylic acid groups (broad SMARTS) is 2. The molecule has 0 aromatic heterocycles. The van der Waals surface area contributed by atoms with Crippen LogP contribution in [0.3, 0.4) is 0 Å². The summed E-state index contributed by atoms with van der Waals surface area (Å²) in [5, 5.41) is 26.2. The van der Waals surface area contributed by atoms with Crippen molar-refractivity contribution in [1.82, 2.24) is 15.5 Å². The molecular formula is C29H43N3O6S2. The zero-order valence-corrected chi connectivity index (χ0v) is 24.7. The molecule has 1 aromatic carbocycles. The predicted molar refractivity (Wildman–Crippen MR) is 159 cm³/mol. The number of benzene rings is 1. The number of hydrogen-bond donors (Lipinski definition) is 4. The molecule has 2 aliphatic heterocycles. The van der Waals surface area contributed by atoms with E-state index in [-0.39, 0.29) is 11.8 Å². The van der Waals surface area contributed by atoms with E-state index in [1.54, 1.807) is 0 Å². The van der Waals surface area contributed by atoms with E-state index in [0.29, 0.717) is 64.5 Å². The van der Waals surface area contributed by atoms with E-state index >= 15 is 0 Å². The van der Waals surface area contributed by atoms with Gasteiger partial charge in [-0.15, -0.1) is 0 Å². The van der Waals surface area contributed by atoms with E-state index in [1.807, 2.05) is 51.9 Å². The summed E-state index contributed by atoms with van der Waals surface area (Å²) in [6.45, 7) is 0.844. The van der Waals surface area contributed by atoms with E-state index in [4.69, 9.17) is 0 Å². The second kappa shape index (κ2) is 17.5. The van der Waals surface area contributed by atoms with E-state index in [9.17, 15) is 29.4 Å². The van der Waals surface area contributed by atoms with E-state index in [2.05, 4.69) is 10.6 Å². The number of likely N-dealkylation sites (tertiary alicyclic amines) is 1. The first kappa shape index (κ1) is 32.3. The van der Waals surface area contributed by atoms with Gasteiger partial charge in [-0.1, -0.05) is 58.3 Å². The lowest BCUT2D eigenvalue weighted by atomic mass is 10.0. The number of carbonyl (C=O) groups excluding carboxylic acids is 2. The summed E-state index contributed by atoms with van der Waals surface area (Å²) in [5.41, 5.74) is 1.01. The molecule has 222 valence electrons. The van der Waals surface area contributed by atoms with Gasteiger partial charge in [0.15, 0.2) is 0 Å². The number of unbranched alkanes of at least 4 members (excludes halogenated alkanes) is 2. The average Bonchev–Trinajstić information content (AvgIpc) is 3.65. The predicted octanol–water partition coefficient (Wildman–Crippen LogP) is 4.11. The van der Waals surface area contributed by atoms with Crippen LogP contribution in [0.1, 0.15) is 76.2 Å². The summed E-state index contributed by atoms with van der Waals surface area (Å²) in [6, 6.07) is 6.94. The zero-order valence-electron chi connectivity index (χ0n) is 23.1. The Morgan fingerprint density at radius 3 is 2.48 bits per heavy atom. The highest BCUT2D eigenvalue weighted by Crippen LogP contribution is 2.39. The number of aryl methyl sites for hydroxylation is 1. The number of carbonyl (C=O) groups is 4. The molecule has 0 bridgehead atoms. The standard InChI is InChI=1S/C29H43N3O6S2/c33-26(14-5-4-11-22-17-20-39-40-22)30-18-7-6-12-23(27(34)32-19-8-13-25(32)29(37)38)31-24(28(35)36)16-15-21-9-2-1-3-10-21/h1-3,9-10,22-25,31H,4-8,11-20H2,(H,30,33)(H,35,36)(H,37,38)/t22?,23-,24-,25-/m0/s1. The van der Waals surface area contributed by atoms with Crippen molar-refractivity contribution >= 4 is 45.3 Å². The molecule has 0 spiro atoms. The maximum absolute atomic E-state index is 13.4. The smallest absolute Gasteiger partial charge is 0.326 e. The number of nitrogens with zero attached hydrogens (tertiary/aromatic N) is 1. The third kappa shape index (κ3) is 11.0. The topological polar surface area (TPSA) is 136 Å². The fraction of sp³-hybridized carbons (Fsp3) is 0.655. The number of carboxylic acids is 2. The van der Waals surface area contributed by atoms with Gasteiger partial charge >= 0.3 is 11.9 Å². The highest BCUT2D eigenvalue weighted by molar-refractivity contribution is 8.77. The van der Waals surface area contributed by atoms with Crippen LogP contribution in [0.4, 0.5) is 0 Å². The molecule has 2 aliphatic rings. The van der Waals surface area contributed by atoms with Crippen LogP contribution in [0.2, 0.25) is 0 Å². The van der Waals surface area contributed by atoms with Gasteiger partial charge in [-0.05, 0) is 69.8 Å². The van der Waals surface area contributed by atoms with Gasteiger partial charge in [0.1, 0.15) is 12.1 Å². The van der Waals surface area contributed by atoms with Crippen LogP contribution in [0.25, 0.3) is 0 Å². The lowest BCUT2D eigenvalue weighted by Crippen LogP contribution is -2.54. The molecule has 2 heterocycles. The van der Waals surface area contributed by atoms with Gasteiger partial charge in [0.05, 0.1) is 6.04 Å². The second-order valence-corrected chi connectivity index (χ2v) is 13.4. The van der Waals surface area contributed by atoms with Crippen molar-refractivity contribution in [3.05, 3.63) is 35.9 Å². The lowest BCUT2D eigenvalue weighted by Gasteiger charge is -2.29. The largest absolute Gasteiger partial charge is 0.480 e. The molecule has 0 aliphatic carbocycles. The van der Waals surface area contributed by atoms with Gasteiger partial charge in [-0.3, -0.25) is 19.7 Å². The van der Waals surface area contributed by atoms with Crippen LogP contribution in [0.5, 0.6) is 0 Å². The lowest BCUT2D eigenvalue weighted by molar-refractivity contribution is -0.149. The summed E-state index contributed by atoms with van der Waals surface area (Å²) >= 11 is 0. The van der Waals surface area contributed by atoms with E-state index in [1.165, 1.54) is 17.1 Å². The van der Waals surface area contributed by atoms with Gasteiger partial charge in [0, 0.05) is 30.5 Å². The summed E-state index contributed by atoms with van der Waals surface area (Å²) in [6.07, 6.45) is 8.34. The molecule has 1 unspecified atom stereocenters. The molecule has 11 heteroatoms. The zero-order chi connectivity index (χ0) is 28.7. The number of amides is 2. The quantitative estimate of drug-likeness (QED) is 0.146. The molecular weight excluding hydrogens is 550 g/mol. The molecule has 4 atom stereocenters. The third-order valence-electron chi connectivity index (χ3n) is 7.53. The molecule has 2 fully saturated rings. The van der Waals surface area contributed by atoms with Crippen molar-refractivity contribution in [3.63, 3.8) is 0 Å². The maximum atomic E-state index is 13.4. The van der Waals surface area contributed by atoms with Crippen LogP contribution in [-0.2, 0) is 25.6 Å². The Morgan fingerprint density at radius 2 is 1.77 bits per heavy atom. The van der Waals surface area contributed by atoms with Gasteiger partial charge in [0.25, 0.3) is 0 Å². The molecule has 40 heavy (non-hydrogen) atoms. The molecule has 1 aromatic rings. The van der Waals surface area contributed by atoms with Crippen molar-refractivity contribution < 1.29 is 29.4 Å². The van der Waals surface area contributed by atoms with Gasteiger partial charge < -0.3 is 20.4 Å². The first-order valence-electron chi connectivity index (χ1n) is 14.5. The Morgan fingerprint density at radius 1 is 0.975 bits per heavy atom. The number of aliphatic carboxylic acids is 2. The SMILES string of the molecule is O=C(CCCCC1CCSS1)NCCCC[C@H](N[C@@H](CCc1ccccc1)C(=O)O)C(=O)N1CCC[C@H]1C(=O)O. The first-order chi connectivity index (χ1) is 19.3. The Labute approximate surface area is 245 Å². The first-order valence-corrected chi connectivity index (χ1v) is 16.8. The number of rotatable bonds is 18. The molecule has 0 radical (unpaired) electrons. The minimum absolute atomic E-state index is 0.0346. The monoisotopic (exact) mass is 593 g/mol.